The molecule has 0 unspecified atom stereocenters. The number of aromatic nitrogens is 1. The predicted octanol–water partition coefficient (Wildman–Crippen LogP) is 2.62. The minimum atomic E-state index is -0.119. The molecule has 100 valence electrons. The first-order valence-corrected chi connectivity index (χ1v) is 6.11. The number of hydrogen-bond acceptors (Lipinski definition) is 5. The molecule has 1 N–H and O–H groups in total. The molecule has 1 aliphatic heterocycles. The van der Waals surface area contributed by atoms with E-state index in [9.17, 15) is 4.79 Å². The van der Waals surface area contributed by atoms with Crippen molar-refractivity contribution in [1.29, 1.82) is 0 Å². The fraction of sp³-hybridized carbons (Fsp3) is 0.0667. The highest BCUT2D eigenvalue weighted by Gasteiger charge is 2.14. The smallest absolute Gasteiger partial charge is 0.231 e. The summed E-state index contributed by atoms with van der Waals surface area (Å²) < 4.78 is 10.4. The monoisotopic (exact) mass is 268 g/mol. The van der Waals surface area contributed by atoms with Gasteiger partial charge in [-0.25, -0.2) is 4.98 Å². The predicted molar refractivity (Wildman–Crippen MR) is 73.9 cm³/mol. The topological polar surface area (TPSA) is 60.5 Å². The Hall–Kier alpha value is -2.82. The summed E-state index contributed by atoms with van der Waals surface area (Å²) in [6, 6.07) is 10.6. The highest BCUT2D eigenvalue weighted by Crippen LogP contribution is 2.32. The van der Waals surface area contributed by atoms with Gasteiger partial charge >= 0.3 is 0 Å². The summed E-state index contributed by atoms with van der Waals surface area (Å²) in [5.41, 5.74) is 0.549. The Morgan fingerprint density at radius 3 is 2.95 bits per heavy atom. The lowest BCUT2D eigenvalue weighted by atomic mass is 10.1. The number of fused-ring (bicyclic) bond motifs is 1. The number of carbonyl (C=O) groups excluding carboxylic acids is 1. The first-order chi connectivity index (χ1) is 9.83. The molecule has 1 aromatic heterocycles. The Labute approximate surface area is 115 Å². The molecule has 0 spiro atoms. The van der Waals surface area contributed by atoms with Gasteiger partial charge < -0.3 is 14.8 Å². The zero-order chi connectivity index (χ0) is 13.8. The van der Waals surface area contributed by atoms with E-state index in [-0.39, 0.29) is 12.6 Å². The van der Waals surface area contributed by atoms with E-state index in [4.69, 9.17) is 9.47 Å². The molecule has 0 bridgehead atoms. The Bertz CT molecular complexity index is 653. The maximum Gasteiger partial charge on any atom is 0.231 e. The summed E-state index contributed by atoms with van der Waals surface area (Å²) in [7, 11) is 0. The van der Waals surface area contributed by atoms with E-state index in [0.29, 0.717) is 22.9 Å². The second-order valence-corrected chi connectivity index (χ2v) is 4.12. The van der Waals surface area contributed by atoms with Crippen molar-refractivity contribution in [2.75, 3.05) is 12.1 Å². The lowest BCUT2D eigenvalue weighted by Gasteiger charge is -2.00. The standard InChI is InChI=1S/C15H12N2O3/c18-12(6-8-17-15-3-1-2-7-16-15)11-4-5-13-14(9-11)20-10-19-13/h1-9H,10H2,(H,16,17). The first kappa shape index (κ1) is 12.2. The van der Waals surface area contributed by atoms with Gasteiger partial charge in [0.2, 0.25) is 6.79 Å². The molecule has 1 aliphatic rings. The minimum Gasteiger partial charge on any atom is -0.454 e. The SMILES string of the molecule is O=C(C=CNc1ccccn1)c1ccc2c(c1)OCO2. The van der Waals surface area contributed by atoms with Gasteiger partial charge in [-0.05, 0) is 30.3 Å². The number of ketones is 1. The lowest BCUT2D eigenvalue weighted by Crippen LogP contribution is -1.97. The number of nitrogens with one attached hydrogen (secondary N) is 1. The maximum atomic E-state index is 12.0. The van der Waals surface area contributed by atoms with Crippen LogP contribution in [0.25, 0.3) is 0 Å². The lowest BCUT2D eigenvalue weighted by molar-refractivity contribution is 0.104. The number of rotatable bonds is 4. The zero-order valence-electron chi connectivity index (χ0n) is 10.6. The molecule has 0 atom stereocenters. The van der Waals surface area contributed by atoms with E-state index in [1.807, 2.05) is 18.2 Å². The molecule has 5 nitrogen and oxygen atoms in total. The molecule has 2 heterocycles. The molecule has 3 rings (SSSR count). The van der Waals surface area contributed by atoms with Gasteiger partial charge in [-0.2, -0.15) is 0 Å². The van der Waals surface area contributed by atoms with Crippen LogP contribution in [0.4, 0.5) is 5.82 Å². The second kappa shape index (κ2) is 5.44. The second-order valence-electron chi connectivity index (χ2n) is 4.12. The normalized spacial score (nSPS) is 12.6. The van der Waals surface area contributed by atoms with Crippen molar-refractivity contribution in [3.8, 4) is 11.5 Å². The number of allylic oxidation sites excluding steroid dienone is 1. The molecule has 5 heteroatoms. The summed E-state index contributed by atoms with van der Waals surface area (Å²) in [6.07, 6.45) is 4.69. The molecule has 0 amide bonds. The summed E-state index contributed by atoms with van der Waals surface area (Å²) in [5, 5.41) is 2.93. The fourth-order valence-corrected chi connectivity index (χ4v) is 1.80. The largest absolute Gasteiger partial charge is 0.454 e. The molecule has 0 aliphatic carbocycles. The van der Waals surface area contributed by atoms with Crippen molar-refractivity contribution in [3.05, 3.63) is 60.4 Å². The van der Waals surface area contributed by atoms with E-state index >= 15 is 0 Å². The van der Waals surface area contributed by atoms with E-state index in [0.717, 1.165) is 0 Å². The molecule has 0 saturated heterocycles. The zero-order valence-corrected chi connectivity index (χ0v) is 10.6. The van der Waals surface area contributed by atoms with E-state index in [2.05, 4.69) is 10.3 Å². The Morgan fingerprint density at radius 2 is 2.10 bits per heavy atom. The van der Waals surface area contributed by atoms with Crippen LogP contribution >= 0.6 is 0 Å². The Balaban J connectivity index is 1.67. The molecule has 0 saturated carbocycles. The van der Waals surface area contributed by atoms with Crippen molar-refractivity contribution < 1.29 is 14.3 Å². The van der Waals surface area contributed by atoms with Gasteiger partial charge in [-0.3, -0.25) is 4.79 Å². The van der Waals surface area contributed by atoms with Gasteiger partial charge in [0.25, 0.3) is 0 Å². The number of hydrogen-bond donors (Lipinski definition) is 1. The third-order valence-corrected chi connectivity index (χ3v) is 2.79. The van der Waals surface area contributed by atoms with Gasteiger partial charge in [-0.1, -0.05) is 6.07 Å². The molecule has 2 aromatic rings. The maximum absolute atomic E-state index is 12.0. The van der Waals surface area contributed by atoms with Gasteiger partial charge in [0.15, 0.2) is 17.3 Å². The molecular weight excluding hydrogens is 256 g/mol. The summed E-state index contributed by atoms with van der Waals surface area (Å²) in [4.78, 5) is 16.1. The highest BCUT2D eigenvalue weighted by molar-refractivity contribution is 6.05. The van der Waals surface area contributed by atoms with Gasteiger partial charge in [0.05, 0.1) is 0 Å². The summed E-state index contributed by atoms with van der Waals surface area (Å²) in [6.45, 7) is 0.198. The van der Waals surface area contributed by atoms with Crippen molar-refractivity contribution in [1.82, 2.24) is 4.98 Å². The molecule has 0 fully saturated rings. The van der Waals surface area contributed by atoms with Crippen molar-refractivity contribution in [2.45, 2.75) is 0 Å². The first-order valence-electron chi connectivity index (χ1n) is 6.11. The van der Waals surface area contributed by atoms with Crippen LogP contribution in [0.2, 0.25) is 0 Å². The van der Waals surface area contributed by atoms with Crippen LogP contribution < -0.4 is 14.8 Å². The molecule has 0 radical (unpaired) electrons. The van der Waals surface area contributed by atoms with Crippen molar-refractivity contribution in [2.24, 2.45) is 0 Å². The van der Waals surface area contributed by atoms with Crippen LogP contribution in [0, 0.1) is 0 Å². The van der Waals surface area contributed by atoms with Crippen LogP contribution in [0.3, 0.4) is 0 Å². The number of pyridine rings is 1. The van der Waals surface area contributed by atoms with Crippen LogP contribution in [0.1, 0.15) is 10.4 Å². The van der Waals surface area contributed by atoms with Crippen LogP contribution in [-0.4, -0.2) is 17.6 Å². The fourth-order valence-electron chi connectivity index (χ4n) is 1.80. The quantitative estimate of drug-likeness (QED) is 0.682. The number of anilines is 1. The minimum absolute atomic E-state index is 0.119. The average molecular weight is 268 g/mol. The highest BCUT2D eigenvalue weighted by atomic mass is 16.7. The third kappa shape index (κ3) is 2.61. The van der Waals surface area contributed by atoms with Gasteiger partial charge in [0, 0.05) is 24.0 Å². The van der Waals surface area contributed by atoms with Gasteiger partial charge in [0.1, 0.15) is 5.82 Å². The number of benzene rings is 1. The van der Waals surface area contributed by atoms with Crippen LogP contribution in [0.15, 0.2) is 54.9 Å². The van der Waals surface area contributed by atoms with Gasteiger partial charge in [-0.15, -0.1) is 0 Å². The van der Waals surface area contributed by atoms with E-state index in [1.165, 1.54) is 6.08 Å². The molecule has 1 aromatic carbocycles. The number of carbonyl (C=O) groups is 1. The van der Waals surface area contributed by atoms with Crippen molar-refractivity contribution in [3.63, 3.8) is 0 Å². The number of nitrogens with zero attached hydrogens (tertiary/aromatic N) is 1. The third-order valence-electron chi connectivity index (χ3n) is 2.79. The van der Waals surface area contributed by atoms with Crippen molar-refractivity contribution >= 4 is 11.6 Å². The Morgan fingerprint density at radius 1 is 1.20 bits per heavy atom. The number of ether oxygens (including phenoxy) is 2. The van der Waals surface area contributed by atoms with E-state index in [1.54, 1.807) is 30.6 Å². The van der Waals surface area contributed by atoms with Crippen LogP contribution in [0.5, 0.6) is 11.5 Å². The summed E-state index contributed by atoms with van der Waals surface area (Å²) >= 11 is 0. The van der Waals surface area contributed by atoms with Crippen LogP contribution in [-0.2, 0) is 0 Å². The molecule has 20 heavy (non-hydrogen) atoms. The Kier molecular flexibility index (Phi) is 3.33. The molecular formula is C15H12N2O3. The summed E-state index contributed by atoms with van der Waals surface area (Å²) in [5.74, 6) is 1.83. The average Bonchev–Trinajstić information content (AvgIpc) is 2.95. The van der Waals surface area contributed by atoms with E-state index < -0.39 is 0 Å².